The number of aromatic nitrogens is 3. The number of fused-ring (bicyclic) bond motifs is 1. The summed E-state index contributed by atoms with van der Waals surface area (Å²) in [7, 11) is 1.57. The molecule has 36 heavy (non-hydrogen) atoms. The molecule has 0 fully saturated rings. The van der Waals surface area contributed by atoms with Gasteiger partial charge in [0.1, 0.15) is 5.52 Å². The number of thiazole rings is 1. The lowest BCUT2D eigenvalue weighted by Crippen LogP contribution is -2.22. The maximum atomic E-state index is 13.0. The predicted molar refractivity (Wildman–Crippen MR) is 131 cm³/mol. The summed E-state index contributed by atoms with van der Waals surface area (Å²) < 4.78 is 51.0. The van der Waals surface area contributed by atoms with Crippen LogP contribution in [0, 0.1) is 0 Å². The molecule has 2 aromatic carbocycles. The van der Waals surface area contributed by atoms with Crippen LogP contribution >= 0.6 is 11.3 Å². The van der Waals surface area contributed by atoms with Gasteiger partial charge in [0.2, 0.25) is 17.7 Å². The van der Waals surface area contributed by atoms with Gasteiger partial charge in [0, 0.05) is 31.7 Å². The van der Waals surface area contributed by atoms with Crippen LogP contribution in [0.15, 0.2) is 48.5 Å². The van der Waals surface area contributed by atoms with E-state index in [1.54, 1.807) is 19.2 Å². The van der Waals surface area contributed by atoms with Crippen LogP contribution in [0.3, 0.4) is 0 Å². The fourth-order valence-electron chi connectivity index (χ4n) is 3.35. The number of para-hydroxylation sites is 1. The molecular formula is C24H22F3N5O3S. The lowest BCUT2D eigenvalue weighted by atomic mass is 10.1. The SMILES string of the molecule is COCC(C)Nc1nc(Oc2cccc3sc(NC(C)=O)nc23)cc(-c2ccc(C(F)(F)F)cc2)n1. The number of carbonyl (C=O) groups excluding carboxylic acids is 1. The van der Waals surface area contributed by atoms with Gasteiger partial charge in [-0.2, -0.15) is 18.2 Å². The predicted octanol–water partition coefficient (Wildman–Crippen LogP) is 5.97. The first-order valence-corrected chi connectivity index (χ1v) is 11.6. The van der Waals surface area contributed by atoms with Crippen LogP contribution in [0.25, 0.3) is 21.5 Å². The molecule has 0 bridgehead atoms. The Kier molecular flexibility index (Phi) is 7.36. The van der Waals surface area contributed by atoms with Crippen molar-refractivity contribution in [1.82, 2.24) is 15.0 Å². The second-order valence-electron chi connectivity index (χ2n) is 7.90. The first-order valence-electron chi connectivity index (χ1n) is 10.8. The molecule has 4 aromatic rings. The Morgan fingerprint density at radius 2 is 1.86 bits per heavy atom. The number of hydrogen-bond donors (Lipinski definition) is 2. The summed E-state index contributed by atoms with van der Waals surface area (Å²) in [5, 5.41) is 6.20. The van der Waals surface area contributed by atoms with Gasteiger partial charge in [-0.1, -0.05) is 29.5 Å². The van der Waals surface area contributed by atoms with Gasteiger partial charge >= 0.3 is 6.18 Å². The molecule has 188 valence electrons. The summed E-state index contributed by atoms with van der Waals surface area (Å²) in [5.41, 5.74) is 0.597. The van der Waals surface area contributed by atoms with E-state index in [0.29, 0.717) is 34.3 Å². The van der Waals surface area contributed by atoms with Crippen LogP contribution in [0.2, 0.25) is 0 Å². The van der Waals surface area contributed by atoms with Gasteiger partial charge in [-0.05, 0) is 31.2 Å². The van der Waals surface area contributed by atoms with Crippen LogP contribution in [0.1, 0.15) is 19.4 Å². The average Bonchev–Trinajstić information content (AvgIpc) is 3.21. The van der Waals surface area contributed by atoms with E-state index in [2.05, 4.69) is 25.6 Å². The Bertz CT molecular complexity index is 1380. The maximum Gasteiger partial charge on any atom is 0.416 e. The molecular weight excluding hydrogens is 495 g/mol. The van der Waals surface area contributed by atoms with E-state index < -0.39 is 11.7 Å². The molecule has 12 heteroatoms. The topological polar surface area (TPSA) is 98.3 Å². The summed E-state index contributed by atoms with van der Waals surface area (Å²) >= 11 is 1.30. The van der Waals surface area contributed by atoms with Crippen molar-refractivity contribution in [3.05, 3.63) is 54.1 Å². The molecule has 0 saturated heterocycles. The minimum atomic E-state index is -4.44. The Morgan fingerprint density at radius 3 is 2.53 bits per heavy atom. The van der Waals surface area contributed by atoms with Crippen LogP contribution in [-0.4, -0.2) is 40.6 Å². The number of benzene rings is 2. The maximum absolute atomic E-state index is 13.0. The molecule has 1 atom stereocenters. The Balaban J connectivity index is 1.72. The molecule has 2 aromatic heterocycles. The highest BCUT2D eigenvalue weighted by Crippen LogP contribution is 2.36. The monoisotopic (exact) mass is 517 g/mol. The molecule has 4 rings (SSSR count). The largest absolute Gasteiger partial charge is 0.437 e. The highest BCUT2D eigenvalue weighted by Gasteiger charge is 2.30. The molecule has 1 unspecified atom stereocenters. The molecule has 0 aliphatic carbocycles. The van der Waals surface area contributed by atoms with Gasteiger partial charge in [-0.15, -0.1) is 0 Å². The average molecular weight is 518 g/mol. The minimum absolute atomic E-state index is 0.145. The van der Waals surface area contributed by atoms with E-state index in [-0.39, 0.29) is 23.8 Å². The van der Waals surface area contributed by atoms with Crippen molar-refractivity contribution < 1.29 is 27.4 Å². The number of nitrogens with zero attached hydrogens (tertiary/aromatic N) is 3. The Morgan fingerprint density at radius 1 is 1.11 bits per heavy atom. The fraction of sp³-hybridized carbons (Fsp3) is 0.250. The summed E-state index contributed by atoms with van der Waals surface area (Å²) in [6, 6.07) is 11.4. The third kappa shape index (κ3) is 6.07. The molecule has 0 spiro atoms. The van der Waals surface area contributed by atoms with E-state index in [9.17, 15) is 18.0 Å². The molecule has 0 radical (unpaired) electrons. The van der Waals surface area contributed by atoms with Gasteiger partial charge in [0.05, 0.1) is 22.6 Å². The number of nitrogens with one attached hydrogen (secondary N) is 2. The Hall–Kier alpha value is -3.77. The van der Waals surface area contributed by atoms with Gasteiger partial charge in [-0.3, -0.25) is 4.79 Å². The van der Waals surface area contributed by atoms with Crippen molar-refractivity contribution in [1.29, 1.82) is 0 Å². The molecule has 0 aliphatic rings. The Labute approximate surface area is 208 Å². The highest BCUT2D eigenvalue weighted by molar-refractivity contribution is 7.22. The first kappa shape index (κ1) is 25.3. The van der Waals surface area contributed by atoms with E-state index in [1.807, 2.05) is 13.0 Å². The van der Waals surface area contributed by atoms with E-state index in [0.717, 1.165) is 16.8 Å². The van der Waals surface area contributed by atoms with E-state index >= 15 is 0 Å². The lowest BCUT2D eigenvalue weighted by molar-refractivity contribution is -0.137. The molecule has 0 aliphatic heterocycles. The highest BCUT2D eigenvalue weighted by atomic mass is 32.1. The zero-order valence-corrected chi connectivity index (χ0v) is 20.3. The number of methoxy groups -OCH3 is 1. The number of hydrogen-bond acceptors (Lipinski definition) is 8. The normalized spacial score (nSPS) is 12.4. The summed E-state index contributed by atoms with van der Waals surface area (Å²) in [5.74, 6) is 0.535. The standard InChI is InChI=1S/C24H22F3N5O3S/c1-13(12-34-3)28-22-30-17(15-7-9-16(10-8-15)24(25,26)27)11-20(31-22)35-18-5-4-6-19-21(18)32-23(36-19)29-14(2)33/h4-11,13H,12H2,1-3H3,(H,28,30,31)(H,29,32,33). The summed E-state index contributed by atoms with van der Waals surface area (Å²) in [4.78, 5) is 24.7. The number of halogens is 3. The zero-order valence-electron chi connectivity index (χ0n) is 19.5. The van der Waals surface area contributed by atoms with E-state index in [4.69, 9.17) is 9.47 Å². The van der Waals surface area contributed by atoms with E-state index in [1.165, 1.54) is 36.5 Å². The van der Waals surface area contributed by atoms with Crippen molar-refractivity contribution in [2.45, 2.75) is 26.1 Å². The third-order valence-corrected chi connectivity index (χ3v) is 5.82. The zero-order chi connectivity index (χ0) is 25.9. The number of carbonyl (C=O) groups is 1. The number of amides is 1. The minimum Gasteiger partial charge on any atom is -0.437 e. The van der Waals surface area contributed by atoms with Crippen molar-refractivity contribution in [2.24, 2.45) is 0 Å². The fourth-order valence-corrected chi connectivity index (χ4v) is 4.28. The van der Waals surface area contributed by atoms with Crippen molar-refractivity contribution >= 4 is 38.5 Å². The number of ether oxygens (including phenoxy) is 2. The summed E-state index contributed by atoms with van der Waals surface area (Å²) in [6.45, 7) is 3.65. The smallest absolute Gasteiger partial charge is 0.416 e. The molecule has 8 nitrogen and oxygen atoms in total. The van der Waals surface area contributed by atoms with Gasteiger partial charge in [-0.25, -0.2) is 9.97 Å². The van der Waals surface area contributed by atoms with Crippen LogP contribution < -0.4 is 15.4 Å². The van der Waals surface area contributed by atoms with Crippen LogP contribution in [-0.2, 0) is 15.7 Å². The van der Waals surface area contributed by atoms with Crippen molar-refractivity contribution in [3.63, 3.8) is 0 Å². The molecule has 2 heterocycles. The van der Waals surface area contributed by atoms with Gasteiger partial charge in [0.15, 0.2) is 10.9 Å². The number of rotatable bonds is 8. The summed E-state index contributed by atoms with van der Waals surface area (Å²) in [6.07, 6.45) is -4.44. The van der Waals surface area contributed by atoms with Crippen LogP contribution in [0.5, 0.6) is 11.6 Å². The van der Waals surface area contributed by atoms with Gasteiger partial charge < -0.3 is 20.1 Å². The van der Waals surface area contributed by atoms with Crippen molar-refractivity contribution in [3.8, 4) is 22.9 Å². The van der Waals surface area contributed by atoms with Gasteiger partial charge in [0.25, 0.3) is 0 Å². The first-order chi connectivity index (χ1) is 17.1. The third-order valence-electron chi connectivity index (χ3n) is 4.88. The number of alkyl halides is 3. The molecule has 2 N–H and O–H groups in total. The molecule has 1 amide bonds. The molecule has 0 saturated carbocycles. The lowest BCUT2D eigenvalue weighted by Gasteiger charge is -2.15. The van der Waals surface area contributed by atoms with Crippen LogP contribution in [0.4, 0.5) is 24.3 Å². The van der Waals surface area contributed by atoms with Crippen molar-refractivity contribution in [2.75, 3.05) is 24.4 Å². The number of anilines is 2. The second-order valence-corrected chi connectivity index (χ2v) is 8.93. The quantitative estimate of drug-likeness (QED) is 0.297. The second kappa shape index (κ2) is 10.5.